The fraction of sp³-hybridized carbons (Fsp3) is 0.692. The Balaban J connectivity index is 2.11. The summed E-state index contributed by atoms with van der Waals surface area (Å²) in [4.78, 5) is 8.72. The Kier molecular flexibility index (Phi) is 3.82. The summed E-state index contributed by atoms with van der Waals surface area (Å²) in [6.07, 6.45) is 1.02. The third-order valence-corrected chi connectivity index (χ3v) is 3.73. The van der Waals surface area contributed by atoms with E-state index >= 15 is 0 Å². The van der Waals surface area contributed by atoms with Crippen molar-refractivity contribution in [3.8, 4) is 0 Å². The van der Waals surface area contributed by atoms with Gasteiger partial charge in [0.05, 0.1) is 6.10 Å². The van der Waals surface area contributed by atoms with Gasteiger partial charge in [-0.3, -0.25) is 0 Å². The lowest BCUT2D eigenvalue weighted by molar-refractivity contribution is 0.0908. The zero-order valence-electron chi connectivity index (χ0n) is 11.1. The molecular weight excluding hydrogens is 230 g/mol. The first kappa shape index (κ1) is 13.2. The number of nitrogens with one attached hydrogen (secondary N) is 1. The molecule has 0 bridgehead atoms. The van der Waals surface area contributed by atoms with Gasteiger partial charge in [0.2, 0.25) is 0 Å². The molecule has 18 heavy (non-hydrogen) atoms. The molecule has 1 aromatic rings. The molecule has 3 N–H and O–H groups in total. The fourth-order valence-corrected chi connectivity index (χ4v) is 2.52. The maximum atomic E-state index is 9.78. The number of rotatable bonds is 3. The molecule has 0 unspecified atom stereocenters. The van der Waals surface area contributed by atoms with Crippen molar-refractivity contribution < 1.29 is 10.2 Å². The molecule has 0 aromatic carbocycles. The number of aliphatic hydroxyl groups excluding tert-OH is 2. The summed E-state index contributed by atoms with van der Waals surface area (Å²) in [7, 11) is 0. The molecule has 1 aliphatic rings. The largest absolute Gasteiger partial charge is 0.396 e. The first-order chi connectivity index (χ1) is 8.51. The number of aryl methyl sites for hydroxylation is 2. The average molecular weight is 251 g/mol. The summed E-state index contributed by atoms with van der Waals surface area (Å²) >= 11 is 0. The molecule has 5 nitrogen and oxygen atoms in total. The van der Waals surface area contributed by atoms with Gasteiger partial charge in [0, 0.05) is 29.8 Å². The molecule has 1 aromatic heterocycles. The summed E-state index contributed by atoms with van der Waals surface area (Å²) in [5.41, 5.74) is 2.02. The molecule has 3 atom stereocenters. The van der Waals surface area contributed by atoms with Gasteiger partial charge in [0.1, 0.15) is 11.6 Å². The Labute approximate surface area is 107 Å². The lowest BCUT2D eigenvalue weighted by Crippen LogP contribution is -2.19. The summed E-state index contributed by atoms with van der Waals surface area (Å²) in [5, 5.41) is 22.3. The van der Waals surface area contributed by atoms with E-state index in [9.17, 15) is 5.11 Å². The molecule has 1 fully saturated rings. The lowest BCUT2D eigenvalue weighted by Gasteiger charge is -2.16. The number of hydrogen-bond acceptors (Lipinski definition) is 5. The number of aromatic nitrogens is 2. The normalized spacial score (nSPS) is 27.5. The minimum absolute atomic E-state index is 0.0214. The number of aliphatic hydroxyl groups is 2. The second-order valence-corrected chi connectivity index (χ2v) is 5.15. The lowest BCUT2D eigenvalue weighted by atomic mass is 10.1. The summed E-state index contributed by atoms with van der Waals surface area (Å²) in [6.45, 7) is 5.87. The van der Waals surface area contributed by atoms with Crippen molar-refractivity contribution >= 4 is 5.82 Å². The van der Waals surface area contributed by atoms with Crippen LogP contribution in [0.5, 0.6) is 0 Å². The van der Waals surface area contributed by atoms with Crippen LogP contribution < -0.4 is 5.32 Å². The highest BCUT2D eigenvalue weighted by Crippen LogP contribution is 2.28. The summed E-state index contributed by atoms with van der Waals surface area (Å²) in [5.74, 6) is 1.57. The Morgan fingerprint density at radius 1 is 1.22 bits per heavy atom. The second-order valence-electron chi connectivity index (χ2n) is 5.15. The minimum atomic E-state index is -0.420. The van der Waals surface area contributed by atoms with E-state index in [1.54, 1.807) is 0 Å². The Bertz CT molecular complexity index is 436. The van der Waals surface area contributed by atoms with Gasteiger partial charge in [-0.15, -0.1) is 0 Å². The van der Waals surface area contributed by atoms with Gasteiger partial charge in [-0.05, 0) is 33.6 Å². The standard InChI is InChI=1S/C13H21N3O2/c1-7-8(2)14-9(3)15-13(7)16-11-4-10(6-17)12(18)5-11/h10-12,17-18H,4-6H2,1-3H3,(H,14,15,16)/t10-,11+,12-/m0/s1. The molecule has 0 aliphatic heterocycles. The maximum absolute atomic E-state index is 9.78. The van der Waals surface area contributed by atoms with Gasteiger partial charge in [0.25, 0.3) is 0 Å². The van der Waals surface area contributed by atoms with Crippen LogP contribution in [0.2, 0.25) is 0 Å². The molecule has 2 rings (SSSR count). The van der Waals surface area contributed by atoms with E-state index in [0.29, 0.717) is 6.42 Å². The first-order valence-electron chi connectivity index (χ1n) is 6.38. The van der Waals surface area contributed by atoms with E-state index in [2.05, 4.69) is 15.3 Å². The summed E-state index contributed by atoms with van der Waals surface area (Å²) < 4.78 is 0. The van der Waals surface area contributed by atoms with E-state index in [1.807, 2.05) is 20.8 Å². The smallest absolute Gasteiger partial charge is 0.133 e. The minimum Gasteiger partial charge on any atom is -0.396 e. The van der Waals surface area contributed by atoms with Crippen molar-refractivity contribution in [2.45, 2.75) is 45.8 Å². The highest BCUT2D eigenvalue weighted by molar-refractivity contribution is 5.46. The molecule has 0 saturated heterocycles. The molecule has 100 valence electrons. The zero-order chi connectivity index (χ0) is 13.3. The number of anilines is 1. The van der Waals surface area contributed by atoms with Crippen molar-refractivity contribution in [3.05, 3.63) is 17.1 Å². The highest BCUT2D eigenvalue weighted by Gasteiger charge is 2.32. The van der Waals surface area contributed by atoms with Crippen molar-refractivity contribution in [2.24, 2.45) is 5.92 Å². The van der Waals surface area contributed by atoms with E-state index in [0.717, 1.165) is 29.3 Å². The third-order valence-electron chi connectivity index (χ3n) is 3.73. The van der Waals surface area contributed by atoms with Gasteiger partial charge in [0.15, 0.2) is 0 Å². The molecule has 0 radical (unpaired) electrons. The molecule has 0 spiro atoms. The molecule has 1 heterocycles. The van der Waals surface area contributed by atoms with E-state index < -0.39 is 6.10 Å². The number of hydrogen-bond donors (Lipinski definition) is 3. The van der Waals surface area contributed by atoms with Crippen molar-refractivity contribution in [1.82, 2.24) is 9.97 Å². The Morgan fingerprint density at radius 2 is 1.94 bits per heavy atom. The molecular formula is C13H21N3O2. The highest BCUT2D eigenvalue weighted by atomic mass is 16.3. The average Bonchev–Trinajstić information content (AvgIpc) is 2.65. The van der Waals surface area contributed by atoms with Gasteiger partial charge in [-0.1, -0.05) is 0 Å². The Morgan fingerprint density at radius 3 is 2.56 bits per heavy atom. The molecule has 0 amide bonds. The van der Waals surface area contributed by atoms with E-state index in [-0.39, 0.29) is 18.6 Å². The van der Waals surface area contributed by atoms with Crippen LogP contribution in [0.25, 0.3) is 0 Å². The third kappa shape index (κ3) is 2.62. The van der Waals surface area contributed by atoms with Crippen LogP contribution in [0.3, 0.4) is 0 Å². The maximum Gasteiger partial charge on any atom is 0.133 e. The second kappa shape index (κ2) is 5.20. The quantitative estimate of drug-likeness (QED) is 0.745. The van der Waals surface area contributed by atoms with Crippen molar-refractivity contribution in [3.63, 3.8) is 0 Å². The first-order valence-corrected chi connectivity index (χ1v) is 6.38. The van der Waals surface area contributed by atoms with Crippen molar-refractivity contribution in [2.75, 3.05) is 11.9 Å². The van der Waals surface area contributed by atoms with Crippen LogP contribution in [-0.4, -0.2) is 38.9 Å². The van der Waals surface area contributed by atoms with Gasteiger partial charge in [-0.25, -0.2) is 9.97 Å². The fourth-order valence-electron chi connectivity index (χ4n) is 2.52. The van der Waals surface area contributed by atoms with Gasteiger partial charge in [-0.2, -0.15) is 0 Å². The molecule has 1 aliphatic carbocycles. The van der Waals surface area contributed by atoms with Gasteiger partial charge >= 0.3 is 0 Å². The van der Waals surface area contributed by atoms with E-state index in [1.165, 1.54) is 0 Å². The van der Waals surface area contributed by atoms with Crippen LogP contribution >= 0.6 is 0 Å². The zero-order valence-corrected chi connectivity index (χ0v) is 11.1. The molecule has 1 saturated carbocycles. The predicted octanol–water partition coefficient (Wildman–Crippen LogP) is 0.946. The van der Waals surface area contributed by atoms with E-state index in [4.69, 9.17) is 5.11 Å². The monoisotopic (exact) mass is 251 g/mol. The van der Waals surface area contributed by atoms with Crippen LogP contribution in [0.1, 0.15) is 29.9 Å². The van der Waals surface area contributed by atoms with Crippen LogP contribution in [0.15, 0.2) is 0 Å². The topological polar surface area (TPSA) is 78.3 Å². The molecule has 5 heteroatoms. The Hall–Kier alpha value is -1.20. The van der Waals surface area contributed by atoms with Crippen LogP contribution in [0.4, 0.5) is 5.82 Å². The summed E-state index contributed by atoms with van der Waals surface area (Å²) in [6, 6.07) is 0.171. The predicted molar refractivity (Wildman–Crippen MR) is 69.5 cm³/mol. The van der Waals surface area contributed by atoms with Crippen LogP contribution in [-0.2, 0) is 0 Å². The number of nitrogens with zero attached hydrogens (tertiary/aromatic N) is 2. The van der Waals surface area contributed by atoms with Crippen LogP contribution in [0, 0.1) is 26.7 Å². The van der Waals surface area contributed by atoms with Gasteiger partial charge < -0.3 is 15.5 Å². The van der Waals surface area contributed by atoms with Crippen molar-refractivity contribution in [1.29, 1.82) is 0 Å². The SMILES string of the molecule is Cc1nc(C)c(C)c(N[C@@H]2C[C@@H](CO)[C@@H](O)C2)n1.